The monoisotopic (exact) mass is 326 g/mol. The molecule has 0 bridgehead atoms. The van der Waals surface area contributed by atoms with Crippen LogP contribution in [0.2, 0.25) is 0 Å². The molecule has 0 saturated heterocycles. The Morgan fingerprint density at radius 1 is 1.04 bits per heavy atom. The maximum absolute atomic E-state index is 12.2. The van der Waals surface area contributed by atoms with Gasteiger partial charge < -0.3 is 9.84 Å². The van der Waals surface area contributed by atoms with E-state index >= 15 is 0 Å². The van der Waals surface area contributed by atoms with Gasteiger partial charge in [-0.05, 0) is 23.8 Å². The highest BCUT2D eigenvalue weighted by molar-refractivity contribution is 6.03. The van der Waals surface area contributed by atoms with Gasteiger partial charge in [-0.25, -0.2) is 5.43 Å². The van der Waals surface area contributed by atoms with Crippen LogP contribution >= 0.6 is 0 Å². The Hall–Kier alpha value is -3.15. The van der Waals surface area contributed by atoms with Crippen LogP contribution in [0.15, 0.2) is 59.7 Å². The summed E-state index contributed by atoms with van der Waals surface area (Å²) in [7, 11) is 1.52. The smallest absolute Gasteiger partial charge is 0.303 e. The molecule has 0 aliphatic carbocycles. The number of carbonyl (C=O) groups is 2. The van der Waals surface area contributed by atoms with Gasteiger partial charge in [0.1, 0.15) is 5.75 Å². The molecule has 0 fully saturated rings. The van der Waals surface area contributed by atoms with Crippen molar-refractivity contribution in [3.05, 3.63) is 65.7 Å². The van der Waals surface area contributed by atoms with Crippen molar-refractivity contribution in [1.29, 1.82) is 0 Å². The number of benzene rings is 2. The first-order valence-corrected chi connectivity index (χ1v) is 7.38. The largest absolute Gasteiger partial charge is 0.497 e. The third kappa shape index (κ3) is 4.95. The quantitative estimate of drug-likeness (QED) is 0.605. The predicted molar refractivity (Wildman–Crippen MR) is 90.3 cm³/mol. The molecule has 1 amide bonds. The van der Waals surface area contributed by atoms with Gasteiger partial charge in [-0.15, -0.1) is 0 Å². The van der Waals surface area contributed by atoms with Gasteiger partial charge in [0, 0.05) is 12.0 Å². The lowest BCUT2D eigenvalue weighted by Gasteiger charge is -2.07. The van der Waals surface area contributed by atoms with Crippen molar-refractivity contribution in [2.24, 2.45) is 5.10 Å². The molecular weight excluding hydrogens is 308 g/mol. The average molecular weight is 326 g/mol. The van der Waals surface area contributed by atoms with Crippen LogP contribution in [0.5, 0.6) is 5.75 Å². The highest BCUT2D eigenvalue weighted by atomic mass is 16.5. The molecule has 2 aromatic rings. The maximum Gasteiger partial charge on any atom is 0.303 e. The number of nitrogens with zero attached hydrogens (tertiary/aromatic N) is 1. The molecule has 0 radical (unpaired) electrons. The number of carboxylic acid groups (broad SMARTS) is 1. The van der Waals surface area contributed by atoms with Crippen molar-refractivity contribution < 1.29 is 19.4 Å². The molecule has 24 heavy (non-hydrogen) atoms. The summed E-state index contributed by atoms with van der Waals surface area (Å²) < 4.78 is 5.08. The Balaban J connectivity index is 2.16. The fraction of sp³-hybridized carbons (Fsp3) is 0.167. The van der Waals surface area contributed by atoms with Gasteiger partial charge in [0.25, 0.3) is 5.91 Å². The molecule has 0 aromatic heterocycles. The molecule has 2 N–H and O–H groups in total. The second-order valence-electron chi connectivity index (χ2n) is 4.99. The van der Waals surface area contributed by atoms with Crippen LogP contribution < -0.4 is 10.2 Å². The number of nitrogens with one attached hydrogen (secondary N) is 1. The number of carboxylic acids is 1. The van der Waals surface area contributed by atoms with Gasteiger partial charge in [-0.2, -0.15) is 5.10 Å². The SMILES string of the molecule is COc1cccc(C(=O)N/N=C(\CCC(=O)O)c2ccccc2)c1. The summed E-state index contributed by atoms with van der Waals surface area (Å²) in [6.07, 6.45) is 0.153. The number of hydrogen-bond donors (Lipinski definition) is 2. The van der Waals surface area contributed by atoms with Crippen LogP contribution in [-0.4, -0.2) is 29.8 Å². The lowest BCUT2D eigenvalue weighted by molar-refractivity contribution is -0.136. The Morgan fingerprint density at radius 2 is 1.75 bits per heavy atom. The highest BCUT2D eigenvalue weighted by Gasteiger charge is 2.09. The molecular formula is C18H18N2O4. The van der Waals surface area contributed by atoms with Crippen molar-refractivity contribution in [3.63, 3.8) is 0 Å². The Kier molecular flexibility index (Phi) is 6.08. The van der Waals surface area contributed by atoms with Gasteiger partial charge >= 0.3 is 5.97 Å². The van der Waals surface area contributed by atoms with E-state index in [1.54, 1.807) is 24.3 Å². The Labute approximate surface area is 139 Å². The van der Waals surface area contributed by atoms with Crippen molar-refractivity contribution in [1.82, 2.24) is 5.43 Å². The first-order valence-electron chi connectivity index (χ1n) is 7.38. The molecule has 2 aromatic carbocycles. The lowest BCUT2D eigenvalue weighted by atomic mass is 10.1. The number of ether oxygens (including phenoxy) is 1. The highest BCUT2D eigenvalue weighted by Crippen LogP contribution is 2.12. The number of rotatable bonds is 7. The van der Waals surface area contributed by atoms with E-state index in [-0.39, 0.29) is 12.8 Å². The summed E-state index contributed by atoms with van der Waals surface area (Å²) in [5, 5.41) is 13.0. The van der Waals surface area contributed by atoms with E-state index in [0.29, 0.717) is 17.0 Å². The first-order chi connectivity index (χ1) is 11.6. The maximum atomic E-state index is 12.2. The van der Waals surface area contributed by atoms with Crippen LogP contribution in [-0.2, 0) is 4.79 Å². The summed E-state index contributed by atoms with van der Waals surface area (Å²) in [6.45, 7) is 0. The third-order valence-corrected chi connectivity index (χ3v) is 3.31. The van der Waals surface area contributed by atoms with E-state index in [2.05, 4.69) is 10.5 Å². The number of hydrogen-bond acceptors (Lipinski definition) is 4. The predicted octanol–water partition coefficient (Wildman–Crippen LogP) is 2.69. The van der Waals surface area contributed by atoms with Gasteiger partial charge in [-0.1, -0.05) is 36.4 Å². The van der Waals surface area contributed by atoms with Gasteiger partial charge in [-0.3, -0.25) is 9.59 Å². The van der Waals surface area contributed by atoms with Crippen LogP contribution in [0.4, 0.5) is 0 Å². The fourth-order valence-corrected chi connectivity index (χ4v) is 2.07. The summed E-state index contributed by atoms with van der Waals surface area (Å²) in [5.74, 6) is -0.740. The minimum atomic E-state index is -0.919. The summed E-state index contributed by atoms with van der Waals surface area (Å²) >= 11 is 0. The fourth-order valence-electron chi connectivity index (χ4n) is 2.07. The van der Waals surface area contributed by atoms with E-state index in [1.807, 2.05) is 30.3 Å². The van der Waals surface area contributed by atoms with Crippen molar-refractivity contribution in [3.8, 4) is 5.75 Å². The normalized spacial score (nSPS) is 11.0. The van der Waals surface area contributed by atoms with Crippen molar-refractivity contribution >= 4 is 17.6 Å². The zero-order valence-corrected chi connectivity index (χ0v) is 13.2. The topological polar surface area (TPSA) is 88.0 Å². The van der Waals surface area contributed by atoms with Crippen LogP contribution in [0.25, 0.3) is 0 Å². The summed E-state index contributed by atoms with van der Waals surface area (Å²) in [4.78, 5) is 23.0. The van der Waals surface area contributed by atoms with Crippen LogP contribution in [0.3, 0.4) is 0 Å². The van der Waals surface area contributed by atoms with E-state index < -0.39 is 11.9 Å². The zero-order chi connectivity index (χ0) is 17.4. The average Bonchev–Trinajstić information content (AvgIpc) is 2.62. The Morgan fingerprint density at radius 3 is 2.42 bits per heavy atom. The Bertz CT molecular complexity index is 742. The third-order valence-electron chi connectivity index (χ3n) is 3.31. The van der Waals surface area contributed by atoms with E-state index in [9.17, 15) is 9.59 Å². The molecule has 0 heterocycles. The lowest BCUT2D eigenvalue weighted by Crippen LogP contribution is -2.20. The van der Waals surface area contributed by atoms with E-state index in [0.717, 1.165) is 5.56 Å². The number of carbonyl (C=O) groups excluding carboxylic acids is 1. The van der Waals surface area contributed by atoms with Gasteiger partial charge in [0.15, 0.2) is 0 Å². The van der Waals surface area contributed by atoms with E-state index in [4.69, 9.17) is 9.84 Å². The second-order valence-corrected chi connectivity index (χ2v) is 4.99. The molecule has 6 heteroatoms. The second kappa shape index (κ2) is 8.47. The number of methoxy groups -OCH3 is 1. The standard InChI is InChI=1S/C18H18N2O4/c1-24-15-9-5-8-14(12-15)18(23)20-19-16(10-11-17(21)22)13-6-3-2-4-7-13/h2-9,12H,10-11H2,1H3,(H,20,23)(H,21,22)/b19-16+. The number of aliphatic carboxylic acids is 1. The number of amides is 1. The van der Waals surface area contributed by atoms with Crippen molar-refractivity contribution in [2.75, 3.05) is 7.11 Å². The number of hydrazone groups is 1. The van der Waals surface area contributed by atoms with E-state index in [1.165, 1.54) is 7.11 Å². The molecule has 0 aliphatic rings. The molecule has 2 rings (SSSR count). The minimum Gasteiger partial charge on any atom is -0.497 e. The molecule has 0 spiro atoms. The van der Waals surface area contributed by atoms with Gasteiger partial charge in [0.05, 0.1) is 19.2 Å². The molecule has 0 atom stereocenters. The van der Waals surface area contributed by atoms with Gasteiger partial charge in [0.2, 0.25) is 0 Å². The molecule has 0 unspecified atom stereocenters. The molecule has 124 valence electrons. The van der Waals surface area contributed by atoms with Crippen molar-refractivity contribution in [2.45, 2.75) is 12.8 Å². The first kappa shape index (κ1) is 17.2. The van der Waals surface area contributed by atoms with Crippen LogP contribution in [0, 0.1) is 0 Å². The summed E-state index contributed by atoms with van der Waals surface area (Å²) in [5.41, 5.74) is 4.16. The zero-order valence-electron chi connectivity index (χ0n) is 13.2. The molecule has 6 nitrogen and oxygen atoms in total. The van der Waals surface area contributed by atoms with Crippen LogP contribution in [0.1, 0.15) is 28.8 Å². The molecule has 0 aliphatic heterocycles. The minimum absolute atomic E-state index is 0.0667. The molecule has 0 saturated carbocycles. The summed E-state index contributed by atoms with van der Waals surface area (Å²) in [6, 6.07) is 15.8.